The molecule has 0 spiro atoms. The van der Waals surface area contributed by atoms with Gasteiger partial charge in [0.25, 0.3) is 0 Å². The molecule has 0 aliphatic carbocycles. The predicted molar refractivity (Wildman–Crippen MR) is 118 cm³/mol. The number of carbonyl (C=O) groups excluding carboxylic acids is 2. The van der Waals surface area contributed by atoms with E-state index in [0.29, 0.717) is 5.69 Å². The number of hydrogen-bond donors (Lipinski definition) is 2. The summed E-state index contributed by atoms with van der Waals surface area (Å²) in [6.45, 7) is 5.61. The molecule has 30 heavy (non-hydrogen) atoms. The van der Waals surface area contributed by atoms with Crippen molar-refractivity contribution in [3.05, 3.63) is 59.8 Å². The van der Waals surface area contributed by atoms with E-state index in [2.05, 4.69) is 32.2 Å². The number of nitrogens with zero attached hydrogens (tertiary/aromatic N) is 2. The van der Waals surface area contributed by atoms with Gasteiger partial charge in [-0.3, -0.25) is 9.69 Å². The van der Waals surface area contributed by atoms with E-state index >= 15 is 0 Å². The molecular formula is C23H26N4O3. The van der Waals surface area contributed by atoms with E-state index in [4.69, 9.17) is 4.74 Å². The molecule has 0 saturated carbocycles. The van der Waals surface area contributed by atoms with E-state index in [0.717, 1.165) is 42.6 Å². The summed E-state index contributed by atoms with van der Waals surface area (Å²) in [6.07, 6.45) is 0. The van der Waals surface area contributed by atoms with Crippen molar-refractivity contribution in [1.82, 2.24) is 9.88 Å². The van der Waals surface area contributed by atoms with E-state index in [1.165, 1.54) is 12.8 Å². The summed E-state index contributed by atoms with van der Waals surface area (Å²) in [5, 5.41) is 3.73. The number of aromatic amines is 1. The third kappa shape index (κ3) is 4.16. The number of rotatable bonds is 5. The van der Waals surface area contributed by atoms with Crippen molar-refractivity contribution >= 4 is 34.2 Å². The number of aryl methyl sites for hydroxylation is 1. The highest BCUT2D eigenvalue weighted by Crippen LogP contribution is 2.29. The van der Waals surface area contributed by atoms with Crippen molar-refractivity contribution in [3.63, 3.8) is 0 Å². The molecule has 1 fully saturated rings. The Hall–Kier alpha value is -3.32. The Morgan fingerprint density at radius 1 is 1.07 bits per heavy atom. The second kappa shape index (κ2) is 8.59. The lowest BCUT2D eigenvalue weighted by atomic mass is 10.1. The minimum Gasteiger partial charge on any atom is -0.464 e. The van der Waals surface area contributed by atoms with Crippen LogP contribution in [0.15, 0.2) is 48.5 Å². The minimum atomic E-state index is -0.504. The predicted octanol–water partition coefficient (Wildman–Crippen LogP) is 3.02. The number of para-hydroxylation sites is 1. The normalized spacial score (nSPS) is 14.7. The van der Waals surface area contributed by atoms with Crippen LogP contribution in [0.4, 0.5) is 11.4 Å². The lowest BCUT2D eigenvalue weighted by Crippen LogP contribution is -2.48. The van der Waals surface area contributed by atoms with Gasteiger partial charge < -0.3 is 19.9 Å². The summed E-state index contributed by atoms with van der Waals surface area (Å²) in [5.41, 5.74) is 3.81. The van der Waals surface area contributed by atoms with Gasteiger partial charge in [-0.15, -0.1) is 0 Å². The molecule has 1 aromatic heterocycles. The molecule has 1 aliphatic heterocycles. The second-order valence-electron chi connectivity index (χ2n) is 7.56. The van der Waals surface area contributed by atoms with Gasteiger partial charge in [0.1, 0.15) is 5.69 Å². The summed E-state index contributed by atoms with van der Waals surface area (Å²) in [6, 6.07) is 16.1. The summed E-state index contributed by atoms with van der Waals surface area (Å²) >= 11 is 0. The monoisotopic (exact) mass is 406 g/mol. The van der Waals surface area contributed by atoms with Crippen molar-refractivity contribution in [3.8, 4) is 0 Å². The number of nitrogens with one attached hydrogen (secondary N) is 2. The minimum absolute atomic E-state index is 0.144. The van der Waals surface area contributed by atoms with Crippen LogP contribution in [-0.4, -0.2) is 61.6 Å². The highest BCUT2D eigenvalue weighted by molar-refractivity contribution is 6.11. The van der Waals surface area contributed by atoms with E-state index < -0.39 is 5.97 Å². The fourth-order valence-corrected chi connectivity index (χ4v) is 3.88. The molecule has 0 bridgehead atoms. The SMILES string of the molecule is COC(=O)c1[nH]c2cc(C)ccc2c1NC(=O)CN1CCN(c2ccccc2)CC1. The van der Waals surface area contributed by atoms with E-state index in [1.54, 1.807) is 0 Å². The van der Waals surface area contributed by atoms with E-state index in [-0.39, 0.29) is 18.1 Å². The van der Waals surface area contributed by atoms with Crippen LogP contribution >= 0.6 is 0 Å². The smallest absolute Gasteiger partial charge is 0.356 e. The van der Waals surface area contributed by atoms with Crippen LogP contribution in [0.25, 0.3) is 10.9 Å². The Labute approximate surface area is 175 Å². The average Bonchev–Trinajstić information content (AvgIpc) is 3.11. The number of aromatic nitrogens is 1. The first-order valence-corrected chi connectivity index (χ1v) is 10.1. The van der Waals surface area contributed by atoms with Crippen molar-refractivity contribution in [2.24, 2.45) is 0 Å². The van der Waals surface area contributed by atoms with E-state index in [9.17, 15) is 9.59 Å². The Kier molecular flexibility index (Phi) is 5.72. The number of amides is 1. The van der Waals surface area contributed by atoms with Crippen LogP contribution < -0.4 is 10.2 Å². The number of methoxy groups -OCH3 is 1. The van der Waals surface area contributed by atoms with Gasteiger partial charge in [0.05, 0.1) is 19.3 Å². The zero-order valence-electron chi connectivity index (χ0n) is 17.3. The van der Waals surface area contributed by atoms with Gasteiger partial charge in [-0.25, -0.2) is 4.79 Å². The Balaban J connectivity index is 1.43. The summed E-state index contributed by atoms with van der Waals surface area (Å²) in [4.78, 5) is 32.5. The quantitative estimate of drug-likeness (QED) is 0.637. The van der Waals surface area contributed by atoms with Crippen LogP contribution in [0.1, 0.15) is 16.1 Å². The highest BCUT2D eigenvalue weighted by atomic mass is 16.5. The van der Waals surface area contributed by atoms with Crippen LogP contribution in [0.2, 0.25) is 0 Å². The zero-order chi connectivity index (χ0) is 21.1. The van der Waals surface area contributed by atoms with Crippen LogP contribution in [0.3, 0.4) is 0 Å². The maximum atomic E-state index is 12.8. The first-order valence-electron chi connectivity index (χ1n) is 10.1. The molecule has 7 heteroatoms. The summed E-state index contributed by atoms with van der Waals surface area (Å²) < 4.78 is 4.88. The first kappa shape index (κ1) is 20.0. The number of hydrogen-bond acceptors (Lipinski definition) is 5. The van der Waals surface area contributed by atoms with Crippen molar-refractivity contribution < 1.29 is 14.3 Å². The Bertz CT molecular complexity index is 1050. The van der Waals surface area contributed by atoms with Gasteiger partial charge >= 0.3 is 5.97 Å². The van der Waals surface area contributed by atoms with Gasteiger partial charge in [0.15, 0.2) is 0 Å². The molecule has 0 atom stereocenters. The molecule has 1 aliphatic rings. The lowest BCUT2D eigenvalue weighted by molar-refractivity contribution is -0.117. The maximum Gasteiger partial charge on any atom is 0.356 e. The first-order chi connectivity index (χ1) is 14.5. The number of fused-ring (bicyclic) bond motifs is 1. The highest BCUT2D eigenvalue weighted by Gasteiger charge is 2.23. The summed E-state index contributed by atoms with van der Waals surface area (Å²) in [5.74, 6) is -0.648. The number of benzene rings is 2. The molecule has 2 N–H and O–H groups in total. The molecule has 4 rings (SSSR count). The molecule has 1 saturated heterocycles. The zero-order valence-corrected chi connectivity index (χ0v) is 17.3. The van der Waals surface area contributed by atoms with Crippen LogP contribution in [0.5, 0.6) is 0 Å². The molecule has 3 aromatic rings. The fourth-order valence-electron chi connectivity index (χ4n) is 3.88. The third-order valence-corrected chi connectivity index (χ3v) is 5.47. The molecule has 156 valence electrons. The number of ether oxygens (including phenoxy) is 1. The average molecular weight is 406 g/mol. The van der Waals surface area contributed by atoms with Crippen molar-refractivity contribution in [2.75, 3.05) is 50.1 Å². The third-order valence-electron chi connectivity index (χ3n) is 5.47. The molecular weight excluding hydrogens is 380 g/mol. The fraction of sp³-hybridized carbons (Fsp3) is 0.304. The maximum absolute atomic E-state index is 12.8. The Morgan fingerprint density at radius 2 is 1.80 bits per heavy atom. The molecule has 1 amide bonds. The van der Waals surface area contributed by atoms with Gasteiger partial charge in [-0.2, -0.15) is 0 Å². The van der Waals surface area contributed by atoms with Crippen LogP contribution in [0, 0.1) is 6.92 Å². The molecule has 0 radical (unpaired) electrons. The summed E-state index contributed by atoms with van der Waals surface area (Å²) in [7, 11) is 1.33. The second-order valence-corrected chi connectivity index (χ2v) is 7.56. The number of H-pyrrole nitrogens is 1. The lowest BCUT2D eigenvalue weighted by Gasteiger charge is -2.35. The number of anilines is 2. The van der Waals surface area contributed by atoms with Gasteiger partial charge in [0.2, 0.25) is 5.91 Å². The van der Waals surface area contributed by atoms with Gasteiger partial charge in [-0.05, 0) is 30.7 Å². The van der Waals surface area contributed by atoms with Gasteiger partial charge in [-0.1, -0.05) is 30.3 Å². The van der Waals surface area contributed by atoms with Crippen molar-refractivity contribution in [1.29, 1.82) is 0 Å². The standard InChI is InChI=1S/C23H26N4O3/c1-16-8-9-18-19(14-16)24-22(23(29)30-2)21(18)25-20(28)15-26-10-12-27(13-11-26)17-6-4-3-5-7-17/h3-9,14,24H,10-13,15H2,1-2H3,(H,25,28). The number of esters is 1. The molecule has 2 heterocycles. The van der Waals surface area contributed by atoms with Gasteiger partial charge in [0, 0.05) is 42.8 Å². The largest absolute Gasteiger partial charge is 0.464 e. The van der Waals surface area contributed by atoms with Crippen molar-refractivity contribution in [2.45, 2.75) is 6.92 Å². The van der Waals surface area contributed by atoms with E-state index in [1.807, 2.05) is 43.3 Å². The Morgan fingerprint density at radius 3 is 2.50 bits per heavy atom. The number of piperazine rings is 1. The van der Waals surface area contributed by atoms with Crippen LogP contribution in [-0.2, 0) is 9.53 Å². The molecule has 2 aromatic carbocycles. The topological polar surface area (TPSA) is 77.7 Å². The molecule has 7 nitrogen and oxygen atoms in total. The number of carbonyl (C=O) groups is 2. The molecule has 0 unspecified atom stereocenters.